The SMILES string of the molecule is Fc1cccc(C(Br)c2cc(Br)cc3c2OCC3)c1Br. The van der Waals surface area contributed by atoms with E-state index in [0.717, 1.165) is 27.8 Å². The number of hydrogen-bond donors (Lipinski definition) is 0. The number of hydrogen-bond acceptors (Lipinski definition) is 1. The lowest BCUT2D eigenvalue weighted by atomic mass is 10.0. The maximum atomic E-state index is 13.7. The van der Waals surface area contributed by atoms with Crippen LogP contribution in [-0.4, -0.2) is 6.61 Å². The van der Waals surface area contributed by atoms with E-state index in [1.807, 2.05) is 12.1 Å². The fourth-order valence-electron chi connectivity index (χ4n) is 2.37. The Bertz CT molecular complexity index is 672. The average Bonchev–Trinajstić information content (AvgIpc) is 2.88. The Morgan fingerprint density at radius 3 is 2.75 bits per heavy atom. The molecule has 104 valence electrons. The Morgan fingerprint density at radius 2 is 1.95 bits per heavy atom. The Labute approximate surface area is 141 Å². The Hall–Kier alpha value is -0.390. The lowest BCUT2D eigenvalue weighted by Gasteiger charge is -2.16. The fraction of sp³-hybridized carbons (Fsp3) is 0.200. The molecule has 0 aromatic heterocycles. The smallest absolute Gasteiger partial charge is 0.137 e. The van der Waals surface area contributed by atoms with Crippen LogP contribution in [0.25, 0.3) is 0 Å². The molecule has 1 unspecified atom stereocenters. The van der Waals surface area contributed by atoms with Gasteiger partial charge in [0.2, 0.25) is 0 Å². The van der Waals surface area contributed by atoms with Gasteiger partial charge >= 0.3 is 0 Å². The van der Waals surface area contributed by atoms with Gasteiger partial charge in [-0.1, -0.05) is 44.0 Å². The van der Waals surface area contributed by atoms with E-state index in [1.54, 1.807) is 6.07 Å². The molecule has 20 heavy (non-hydrogen) atoms. The number of benzene rings is 2. The molecule has 0 spiro atoms. The zero-order chi connectivity index (χ0) is 14.3. The molecule has 1 heterocycles. The fourth-order valence-corrected chi connectivity index (χ4v) is 4.41. The molecule has 0 N–H and O–H groups in total. The van der Waals surface area contributed by atoms with E-state index in [0.29, 0.717) is 11.1 Å². The maximum absolute atomic E-state index is 13.7. The minimum Gasteiger partial charge on any atom is -0.493 e. The molecule has 0 saturated carbocycles. The number of alkyl halides is 1. The molecule has 1 atom stereocenters. The summed E-state index contributed by atoms with van der Waals surface area (Å²) in [5, 5.41) is 0. The Kier molecular flexibility index (Phi) is 4.20. The van der Waals surface area contributed by atoms with Gasteiger partial charge in [-0.25, -0.2) is 4.39 Å². The van der Waals surface area contributed by atoms with Crippen LogP contribution in [0.5, 0.6) is 5.75 Å². The largest absolute Gasteiger partial charge is 0.493 e. The monoisotopic (exact) mass is 462 g/mol. The summed E-state index contributed by atoms with van der Waals surface area (Å²) >= 11 is 10.5. The first-order chi connectivity index (χ1) is 9.58. The van der Waals surface area contributed by atoms with Gasteiger partial charge in [0.1, 0.15) is 11.6 Å². The second-order valence-electron chi connectivity index (χ2n) is 4.59. The van der Waals surface area contributed by atoms with E-state index in [2.05, 4.69) is 53.9 Å². The molecule has 0 radical (unpaired) electrons. The van der Waals surface area contributed by atoms with Crippen LogP contribution in [0.1, 0.15) is 21.5 Å². The van der Waals surface area contributed by atoms with Gasteiger partial charge in [0.05, 0.1) is 15.9 Å². The average molecular weight is 465 g/mol. The third kappa shape index (κ3) is 2.55. The van der Waals surface area contributed by atoms with Gasteiger partial charge in [-0.3, -0.25) is 0 Å². The van der Waals surface area contributed by atoms with Crippen LogP contribution in [0.2, 0.25) is 0 Å². The zero-order valence-electron chi connectivity index (χ0n) is 10.3. The van der Waals surface area contributed by atoms with Crippen molar-refractivity contribution in [1.82, 2.24) is 0 Å². The summed E-state index contributed by atoms with van der Waals surface area (Å²) in [5.41, 5.74) is 3.05. The predicted octanol–water partition coefficient (Wildman–Crippen LogP) is 5.77. The molecule has 0 bridgehead atoms. The number of ether oxygens (including phenoxy) is 1. The quantitative estimate of drug-likeness (QED) is 0.513. The minimum absolute atomic E-state index is 0.128. The number of fused-ring (bicyclic) bond motifs is 1. The highest BCUT2D eigenvalue weighted by molar-refractivity contribution is 9.11. The normalized spacial score (nSPS) is 14.8. The molecule has 1 aliphatic rings. The Balaban J connectivity index is 2.11. The van der Waals surface area contributed by atoms with Gasteiger partial charge < -0.3 is 4.74 Å². The predicted molar refractivity (Wildman–Crippen MR) is 88.2 cm³/mol. The lowest BCUT2D eigenvalue weighted by molar-refractivity contribution is 0.354. The van der Waals surface area contributed by atoms with E-state index >= 15 is 0 Å². The van der Waals surface area contributed by atoms with Gasteiger partial charge in [0.15, 0.2) is 0 Å². The molecule has 0 fully saturated rings. The van der Waals surface area contributed by atoms with E-state index < -0.39 is 0 Å². The van der Waals surface area contributed by atoms with Gasteiger partial charge in [-0.05, 0) is 45.3 Å². The molecule has 1 aliphatic heterocycles. The Morgan fingerprint density at radius 1 is 1.15 bits per heavy atom. The van der Waals surface area contributed by atoms with Crippen molar-refractivity contribution in [1.29, 1.82) is 0 Å². The number of rotatable bonds is 2. The molecule has 0 amide bonds. The summed E-state index contributed by atoms with van der Waals surface area (Å²) in [4.78, 5) is -0.128. The van der Waals surface area contributed by atoms with Crippen LogP contribution in [0.4, 0.5) is 4.39 Å². The standard InChI is InChI=1S/C15H10Br3FO/c16-9-6-8-4-5-20-15(8)11(7-9)13(17)10-2-1-3-12(19)14(10)18/h1-3,6-7,13H,4-5H2. The van der Waals surface area contributed by atoms with Gasteiger partial charge in [-0.2, -0.15) is 0 Å². The maximum Gasteiger partial charge on any atom is 0.137 e. The third-order valence-corrected chi connectivity index (χ3v) is 5.59. The van der Waals surface area contributed by atoms with Crippen molar-refractivity contribution in [2.24, 2.45) is 0 Å². The van der Waals surface area contributed by atoms with Crippen molar-refractivity contribution in [2.75, 3.05) is 6.61 Å². The van der Waals surface area contributed by atoms with Crippen LogP contribution in [-0.2, 0) is 6.42 Å². The molecule has 2 aromatic rings. The minimum atomic E-state index is -0.264. The molecule has 0 saturated heterocycles. The molecule has 0 aliphatic carbocycles. The molecular formula is C15H10Br3FO. The third-order valence-electron chi connectivity index (χ3n) is 3.30. The van der Waals surface area contributed by atoms with Crippen LogP contribution in [0.15, 0.2) is 39.3 Å². The molecular weight excluding hydrogens is 455 g/mol. The van der Waals surface area contributed by atoms with Crippen molar-refractivity contribution in [3.8, 4) is 5.75 Å². The first-order valence-electron chi connectivity index (χ1n) is 6.11. The summed E-state index contributed by atoms with van der Waals surface area (Å²) in [6.07, 6.45) is 0.909. The molecule has 3 rings (SSSR count). The van der Waals surface area contributed by atoms with Gasteiger partial charge in [0, 0.05) is 16.5 Å². The van der Waals surface area contributed by atoms with E-state index in [-0.39, 0.29) is 10.6 Å². The first-order valence-corrected chi connectivity index (χ1v) is 8.61. The summed E-state index contributed by atoms with van der Waals surface area (Å²) in [5.74, 6) is 0.644. The molecule has 2 aromatic carbocycles. The van der Waals surface area contributed by atoms with Crippen LogP contribution >= 0.6 is 47.8 Å². The van der Waals surface area contributed by atoms with Crippen LogP contribution in [0.3, 0.4) is 0 Å². The zero-order valence-corrected chi connectivity index (χ0v) is 15.1. The summed E-state index contributed by atoms with van der Waals surface area (Å²) in [6.45, 7) is 0.697. The summed E-state index contributed by atoms with van der Waals surface area (Å²) < 4.78 is 20.9. The van der Waals surface area contributed by atoms with Crippen LogP contribution in [0, 0.1) is 5.82 Å². The second-order valence-corrected chi connectivity index (χ2v) is 7.21. The number of halogens is 4. The van der Waals surface area contributed by atoms with Gasteiger partial charge in [0.25, 0.3) is 0 Å². The highest BCUT2D eigenvalue weighted by atomic mass is 79.9. The second kappa shape index (κ2) is 5.78. The van der Waals surface area contributed by atoms with E-state index in [1.165, 1.54) is 11.6 Å². The van der Waals surface area contributed by atoms with Crippen molar-refractivity contribution in [3.63, 3.8) is 0 Å². The van der Waals surface area contributed by atoms with Crippen molar-refractivity contribution in [2.45, 2.75) is 11.2 Å². The van der Waals surface area contributed by atoms with E-state index in [9.17, 15) is 4.39 Å². The highest BCUT2D eigenvalue weighted by Crippen LogP contribution is 2.44. The summed E-state index contributed by atoms with van der Waals surface area (Å²) in [7, 11) is 0. The van der Waals surface area contributed by atoms with Gasteiger partial charge in [-0.15, -0.1) is 0 Å². The first kappa shape index (κ1) is 14.5. The topological polar surface area (TPSA) is 9.23 Å². The van der Waals surface area contributed by atoms with Crippen molar-refractivity contribution in [3.05, 3.63) is 61.8 Å². The van der Waals surface area contributed by atoms with Crippen molar-refractivity contribution >= 4 is 47.8 Å². The van der Waals surface area contributed by atoms with Crippen LogP contribution < -0.4 is 4.74 Å². The molecule has 1 nitrogen and oxygen atoms in total. The summed E-state index contributed by atoms with van der Waals surface area (Å²) in [6, 6.07) is 9.14. The van der Waals surface area contributed by atoms with Crippen molar-refractivity contribution < 1.29 is 9.13 Å². The lowest BCUT2D eigenvalue weighted by Crippen LogP contribution is -1.99. The van der Waals surface area contributed by atoms with E-state index in [4.69, 9.17) is 4.74 Å². The molecule has 5 heteroatoms. The highest BCUT2D eigenvalue weighted by Gasteiger charge is 2.24.